The van der Waals surface area contributed by atoms with Crippen LogP contribution in [-0.4, -0.2) is 46.4 Å². The summed E-state index contributed by atoms with van der Waals surface area (Å²) in [5, 5.41) is 12.2. The summed E-state index contributed by atoms with van der Waals surface area (Å²) in [5.74, 6) is 0.377. The van der Waals surface area contributed by atoms with E-state index in [2.05, 4.69) is 21.4 Å². The summed E-state index contributed by atoms with van der Waals surface area (Å²) in [4.78, 5) is 2.81. The minimum atomic E-state index is 0.377. The lowest BCUT2D eigenvalue weighted by molar-refractivity contribution is 0.0213. The molecule has 4 nitrogen and oxygen atoms in total. The lowest BCUT2D eigenvalue weighted by atomic mass is 10.0. The first-order valence-electron chi connectivity index (χ1n) is 10.4. The SMILES string of the molecule is Oc1cccc(CC2CCN([C@@H]3CCCN3C3CCCCCC3)N2)c1. The van der Waals surface area contributed by atoms with Crippen molar-refractivity contribution in [1.29, 1.82) is 0 Å². The smallest absolute Gasteiger partial charge is 0.115 e. The third-order valence-corrected chi connectivity index (χ3v) is 6.37. The molecule has 3 aliphatic rings. The van der Waals surface area contributed by atoms with E-state index in [0.29, 0.717) is 18.0 Å². The topological polar surface area (TPSA) is 38.7 Å². The fraction of sp³-hybridized carbons (Fsp3) is 0.714. The maximum absolute atomic E-state index is 9.68. The Morgan fingerprint density at radius 2 is 1.80 bits per heavy atom. The molecule has 0 radical (unpaired) electrons. The molecule has 4 rings (SSSR count). The Morgan fingerprint density at radius 3 is 2.60 bits per heavy atom. The second-order valence-electron chi connectivity index (χ2n) is 8.19. The van der Waals surface area contributed by atoms with Gasteiger partial charge in [0.15, 0.2) is 0 Å². The maximum atomic E-state index is 9.68. The summed E-state index contributed by atoms with van der Waals surface area (Å²) >= 11 is 0. The summed E-state index contributed by atoms with van der Waals surface area (Å²) in [6.45, 7) is 2.43. The van der Waals surface area contributed by atoms with E-state index in [9.17, 15) is 5.11 Å². The highest BCUT2D eigenvalue weighted by molar-refractivity contribution is 5.27. The molecule has 0 aromatic heterocycles. The normalized spacial score (nSPS) is 29.9. The Balaban J connectivity index is 1.35. The number of nitrogens with one attached hydrogen (secondary N) is 1. The van der Waals surface area contributed by atoms with Gasteiger partial charge in [0.2, 0.25) is 0 Å². The highest BCUT2D eigenvalue weighted by Crippen LogP contribution is 2.31. The van der Waals surface area contributed by atoms with E-state index in [1.165, 1.54) is 69.9 Å². The van der Waals surface area contributed by atoms with Crippen LogP contribution in [0.4, 0.5) is 0 Å². The molecule has 1 aromatic carbocycles. The predicted octanol–water partition coefficient (Wildman–Crippen LogP) is 3.66. The first-order chi connectivity index (χ1) is 12.3. The van der Waals surface area contributed by atoms with Gasteiger partial charge in [-0.1, -0.05) is 37.8 Å². The van der Waals surface area contributed by atoms with Gasteiger partial charge in [0.25, 0.3) is 0 Å². The summed E-state index contributed by atoms with van der Waals surface area (Å²) < 4.78 is 0. The molecule has 138 valence electrons. The molecule has 0 bridgehead atoms. The quantitative estimate of drug-likeness (QED) is 0.819. The third-order valence-electron chi connectivity index (χ3n) is 6.37. The molecule has 1 unspecified atom stereocenters. The standard InChI is InChI=1S/C21H33N3O/c25-20-10-5-7-17(16-20)15-18-12-14-24(22-18)21-11-6-13-23(21)19-8-3-1-2-4-9-19/h5,7,10,16,18-19,21-22,25H,1-4,6,8-9,11-15H2/t18?,21-/m1/s1. The largest absolute Gasteiger partial charge is 0.508 e. The van der Waals surface area contributed by atoms with Crippen molar-refractivity contribution in [2.24, 2.45) is 0 Å². The molecule has 0 spiro atoms. The van der Waals surface area contributed by atoms with E-state index in [1.54, 1.807) is 6.07 Å². The first kappa shape index (κ1) is 17.3. The third kappa shape index (κ3) is 4.18. The van der Waals surface area contributed by atoms with E-state index >= 15 is 0 Å². The van der Waals surface area contributed by atoms with Crippen LogP contribution in [0.5, 0.6) is 5.75 Å². The van der Waals surface area contributed by atoms with Crippen molar-refractivity contribution >= 4 is 0 Å². The highest BCUT2D eigenvalue weighted by atomic mass is 16.3. The number of rotatable bonds is 4. The monoisotopic (exact) mass is 343 g/mol. The molecular formula is C21H33N3O. The van der Waals surface area contributed by atoms with Crippen LogP contribution in [0, 0.1) is 0 Å². The number of hydrogen-bond acceptors (Lipinski definition) is 4. The van der Waals surface area contributed by atoms with Gasteiger partial charge in [0, 0.05) is 25.2 Å². The van der Waals surface area contributed by atoms with Gasteiger partial charge in [0.1, 0.15) is 5.75 Å². The minimum absolute atomic E-state index is 0.377. The molecule has 1 saturated carbocycles. The van der Waals surface area contributed by atoms with Crippen molar-refractivity contribution < 1.29 is 5.11 Å². The zero-order valence-electron chi connectivity index (χ0n) is 15.4. The van der Waals surface area contributed by atoms with Gasteiger partial charge in [-0.05, 0) is 56.2 Å². The van der Waals surface area contributed by atoms with Crippen molar-refractivity contribution in [3.63, 3.8) is 0 Å². The van der Waals surface area contributed by atoms with Crippen LogP contribution in [0.25, 0.3) is 0 Å². The summed E-state index contributed by atoms with van der Waals surface area (Å²) in [7, 11) is 0. The Kier molecular flexibility index (Phi) is 5.59. The number of likely N-dealkylation sites (tertiary alicyclic amines) is 1. The van der Waals surface area contributed by atoms with E-state index in [1.807, 2.05) is 12.1 Å². The van der Waals surface area contributed by atoms with Crippen LogP contribution in [0.15, 0.2) is 24.3 Å². The van der Waals surface area contributed by atoms with Gasteiger partial charge in [-0.25, -0.2) is 5.01 Å². The van der Waals surface area contributed by atoms with E-state index in [0.717, 1.165) is 19.0 Å². The molecular weight excluding hydrogens is 310 g/mol. The second-order valence-corrected chi connectivity index (χ2v) is 8.19. The number of nitrogens with zero attached hydrogens (tertiary/aromatic N) is 2. The molecule has 25 heavy (non-hydrogen) atoms. The first-order valence-corrected chi connectivity index (χ1v) is 10.4. The maximum Gasteiger partial charge on any atom is 0.115 e. The lowest BCUT2D eigenvalue weighted by Gasteiger charge is -2.37. The van der Waals surface area contributed by atoms with Crippen LogP contribution in [0.3, 0.4) is 0 Å². The van der Waals surface area contributed by atoms with Crippen LogP contribution in [-0.2, 0) is 6.42 Å². The molecule has 3 fully saturated rings. The van der Waals surface area contributed by atoms with Gasteiger partial charge >= 0.3 is 0 Å². The lowest BCUT2D eigenvalue weighted by Crippen LogP contribution is -2.52. The molecule has 2 N–H and O–H groups in total. The van der Waals surface area contributed by atoms with E-state index < -0.39 is 0 Å². The van der Waals surface area contributed by atoms with Crippen molar-refractivity contribution in [2.45, 2.75) is 82.5 Å². The average Bonchev–Trinajstić information content (AvgIpc) is 3.18. The van der Waals surface area contributed by atoms with Crippen LogP contribution in [0.1, 0.15) is 63.4 Å². The molecule has 1 aromatic rings. The number of aromatic hydroxyl groups is 1. The molecule has 4 heteroatoms. The zero-order chi connectivity index (χ0) is 17.1. The van der Waals surface area contributed by atoms with Crippen molar-refractivity contribution in [2.75, 3.05) is 13.1 Å². The number of phenols is 1. The average molecular weight is 344 g/mol. The van der Waals surface area contributed by atoms with Crippen molar-refractivity contribution in [3.05, 3.63) is 29.8 Å². The van der Waals surface area contributed by atoms with Crippen molar-refractivity contribution in [1.82, 2.24) is 15.3 Å². The predicted molar refractivity (Wildman–Crippen MR) is 101 cm³/mol. The summed E-state index contributed by atoms with van der Waals surface area (Å²) in [5.41, 5.74) is 5.02. The highest BCUT2D eigenvalue weighted by Gasteiger charge is 2.37. The molecule has 2 aliphatic heterocycles. The Labute approximate surface area is 152 Å². The zero-order valence-corrected chi connectivity index (χ0v) is 15.4. The van der Waals surface area contributed by atoms with Crippen LogP contribution < -0.4 is 5.43 Å². The van der Waals surface area contributed by atoms with Gasteiger partial charge in [0.05, 0.1) is 6.17 Å². The molecule has 2 atom stereocenters. The minimum Gasteiger partial charge on any atom is -0.508 e. The molecule has 0 amide bonds. The Bertz CT molecular complexity index is 556. The Hall–Kier alpha value is -1.10. The fourth-order valence-electron chi connectivity index (χ4n) is 5.13. The number of hydrogen-bond donors (Lipinski definition) is 2. The van der Waals surface area contributed by atoms with Gasteiger partial charge < -0.3 is 5.11 Å². The van der Waals surface area contributed by atoms with Crippen LogP contribution in [0.2, 0.25) is 0 Å². The van der Waals surface area contributed by atoms with Gasteiger partial charge in [-0.2, -0.15) is 0 Å². The molecule has 2 saturated heterocycles. The van der Waals surface area contributed by atoms with E-state index in [4.69, 9.17) is 0 Å². The number of phenolic OH excluding ortho intramolecular Hbond substituents is 1. The Morgan fingerprint density at radius 1 is 0.960 bits per heavy atom. The van der Waals surface area contributed by atoms with Crippen LogP contribution >= 0.6 is 0 Å². The van der Waals surface area contributed by atoms with E-state index in [-0.39, 0.29) is 0 Å². The summed E-state index contributed by atoms with van der Waals surface area (Å²) in [6, 6.07) is 9.03. The second kappa shape index (κ2) is 8.07. The van der Waals surface area contributed by atoms with Crippen molar-refractivity contribution in [3.8, 4) is 5.75 Å². The fourth-order valence-corrected chi connectivity index (χ4v) is 5.13. The molecule has 2 heterocycles. The van der Waals surface area contributed by atoms with Gasteiger partial charge in [-0.15, -0.1) is 0 Å². The number of benzene rings is 1. The number of hydrazine groups is 1. The molecule has 1 aliphatic carbocycles. The van der Waals surface area contributed by atoms with Gasteiger partial charge in [-0.3, -0.25) is 10.3 Å². The summed E-state index contributed by atoms with van der Waals surface area (Å²) in [6.07, 6.45) is 13.9.